The van der Waals surface area contributed by atoms with Gasteiger partial charge in [0.25, 0.3) is 0 Å². The fourth-order valence-corrected chi connectivity index (χ4v) is 3.26. The molecule has 1 rings (SSSR count). The van der Waals surface area contributed by atoms with Crippen molar-refractivity contribution in [2.45, 2.75) is 65.3 Å². The van der Waals surface area contributed by atoms with Crippen LogP contribution in [0.1, 0.15) is 58.4 Å². The molecule has 0 aliphatic rings. The zero-order chi connectivity index (χ0) is 14.8. The SMILES string of the molecule is CCCNC(Cc1cncc(Br)c1)C(CCC)CCC. The van der Waals surface area contributed by atoms with Gasteiger partial charge in [-0.15, -0.1) is 0 Å². The second-order valence-electron chi connectivity index (χ2n) is 5.61. The molecule has 1 atom stereocenters. The zero-order valence-electron chi connectivity index (χ0n) is 13.2. The van der Waals surface area contributed by atoms with Gasteiger partial charge in [-0.05, 0) is 65.7 Å². The summed E-state index contributed by atoms with van der Waals surface area (Å²) >= 11 is 3.52. The molecule has 0 saturated heterocycles. The van der Waals surface area contributed by atoms with Gasteiger partial charge in [-0.2, -0.15) is 0 Å². The highest BCUT2D eigenvalue weighted by molar-refractivity contribution is 9.10. The van der Waals surface area contributed by atoms with Gasteiger partial charge in [0.05, 0.1) is 0 Å². The fraction of sp³-hybridized carbons (Fsp3) is 0.706. The van der Waals surface area contributed by atoms with Gasteiger partial charge in [0, 0.05) is 22.9 Å². The molecule has 0 amide bonds. The Morgan fingerprint density at radius 3 is 2.35 bits per heavy atom. The van der Waals surface area contributed by atoms with Crippen LogP contribution in [0.25, 0.3) is 0 Å². The molecule has 0 fully saturated rings. The van der Waals surface area contributed by atoms with Crippen molar-refractivity contribution in [2.75, 3.05) is 6.54 Å². The van der Waals surface area contributed by atoms with Crippen molar-refractivity contribution in [2.24, 2.45) is 5.92 Å². The second kappa shape index (κ2) is 10.3. The maximum Gasteiger partial charge on any atom is 0.0410 e. The number of rotatable bonds is 10. The molecule has 20 heavy (non-hydrogen) atoms. The van der Waals surface area contributed by atoms with Crippen LogP contribution >= 0.6 is 15.9 Å². The van der Waals surface area contributed by atoms with E-state index in [4.69, 9.17) is 0 Å². The van der Waals surface area contributed by atoms with E-state index in [1.807, 2.05) is 12.4 Å². The predicted molar refractivity (Wildman–Crippen MR) is 91.0 cm³/mol. The van der Waals surface area contributed by atoms with Crippen LogP contribution in [0.3, 0.4) is 0 Å². The van der Waals surface area contributed by atoms with E-state index in [1.165, 1.54) is 37.7 Å². The van der Waals surface area contributed by atoms with Crippen LogP contribution in [0.2, 0.25) is 0 Å². The van der Waals surface area contributed by atoms with Crippen LogP contribution in [0, 0.1) is 5.92 Å². The van der Waals surface area contributed by atoms with E-state index in [-0.39, 0.29) is 0 Å². The van der Waals surface area contributed by atoms with Crippen molar-refractivity contribution in [3.8, 4) is 0 Å². The first-order valence-corrected chi connectivity index (χ1v) is 8.83. The highest BCUT2D eigenvalue weighted by Crippen LogP contribution is 2.22. The Morgan fingerprint density at radius 2 is 1.80 bits per heavy atom. The van der Waals surface area contributed by atoms with Crippen LogP contribution in [0.5, 0.6) is 0 Å². The van der Waals surface area contributed by atoms with Crippen LogP contribution in [0.15, 0.2) is 22.9 Å². The summed E-state index contributed by atoms with van der Waals surface area (Å²) in [5.74, 6) is 0.774. The van der Waals surface area contributed by atoms with Crippen molar-refractivity contribution < 1.29 is 0 Å². The smallest absolute Gasteiger partial charge is 0.0410 e. The van der Waals surface area contributed by atoms with E-state index in [0.29, 0.717) is 6.04 Å². The number of aromatic nitrogens is 1. The Labute approximate surface area is 132 Å². The van der Waals surface area contributed by atoms with E-state index in [2.05, 4.69) is 53.1 Å². The molecule has 1 aromatic heterocycles. The summed E-state index contributed by atoms with van der Waals surface area (Å²) < 4.78 is 1.08. The first-order valence-electron chi connectivity index (χ1n) is 8.04. The summed E-state index contributed by atoms with van der Waals surface area (Å²) in [6, 6.07) is 2.77. The fourth-order valence-electron chi connectivity index (χ4n) is 2.84. The number of pyridine rings is 1. The molecule has 1 heterocycles. The van der Waals surface area contributed by atoms with Gasteiger partial charge >= 0.3 is 0 Å². The molecule has 0 aromatic carbocycles. The Balaban J connectivity index is 2.75. The molecule has 0 radical (unpaired) electrons. The molecule has 0 spiro atoms. The third kappa shape index (κ3) is 6.36. The van der Waals surface area contributed by atoms with E-state index in [9.17, 15) is 0 Å². The van der Waals surface area contributed by atoms with Gasteiger partial charge in [0.2, 0.25) is 0 Å². The first kappa shape index (κ1) is 17.6. The van der Waals surface area contributed by atoms with E-state index in [1.54, 1.807) is 0 Å². The number of halogens is 1. The molecular formula is C17H29BrN2. The Hall–Kier alpha value is -0.410. The maximum atomic E-state index is 4.29. The minimum atomic E-state index is 0.575. The summed E-state index contributed by atoms with van der Waals surface area (Å²) in [6.07, 6.45) is 11.3. The number of hydrogen-bond acceptors (Lipinski definition) is 2. The van der Waals surface area contributed by atoms with Crippen molar-refractivity contribution in [1.29, 1.82) is 0 Å². The van der Waals surface area contributed by atoms with Crippen molar-refractivity contribution in [3.05, 3.63) is 28.5 Å². The monoisotopic (exact) mass is 340 g/mol. The highest BCUT2D eigenvalue weighted by Gasteiger charge is 2.20. The minimum absolute atomic E-state index is 0.575. The van der Waals surface area contributed by atoms with E-state index in [0.717, 1.165) is 23.4 Å². The lowest BCUT2D eigenvalue weighted by Gasteiger charge is -2.28. The van der Waals surface area contributed by atoms with E-state index >= 15 is 0 Å². The van der Waals surface area contributed by atoms with Crippen LogP contribution in [-0.2, 0) is 6.42 Å². The standard InChI is InChI=1S/C17H29BrN2/c1-4-7-15(8-5-2)17(20-9-6-3)11-14-10-16(18)13-19-12-14/h10,12-13,15,17,20H,4-9,11H2,1-3H3. The molecule has 1 aromatic rings. The lowest BCUT2D eigenvalue weighted by atomic mass is 9.87. The predicted octanol–water partition coefficient (Wildman–Crippen LogP) is 4.97. The molecule has 3 heteroatoms. The average Bonchev–Trinajstić information content (AvgIpc) is 2.43. The second-order valence-corrected chi connectivity index (χ2v) is 6.53. The number of nitrogens with zero attached hydrogens (tertiary/aromatic N) is 1. The summed E-state index contributed by atoms with van der Waals surface area (Å²) in [5, 5.41) is 3.76. The maximum absolute atomic E-state index is 4.29. The summed E-state index contributed by atoms with van der Waals surface area (Å²) in [5.41, 5.74) is 1.32. The summed E-state index contributed by atoms with van der Waals surface area (Å²) in [7, 11) is 0. The van der Waals surface area contributed by atoms with Gasteiger partial charge < -0.3 is 5.32 Å². The average molecular weight is 341 g/mol. The van der Waals surface area contributed by atoms with Crippen LogP contribution in [0.4, 0.5) is 0 Å². The minimum Gasteiger partial charge on any atom is -0.313 e. The number of hydrogen-bond donors (Lipinski definition) is 1. The van der Waals surface area contributed by atoms with Crippen molar-refractivity contribution in [3.63, 3.8) is 0 Å². The van der Waals surface area contributed by atoms with Gasteiger partial charge in [-0.3, -0.25) is 4.98 Å². The zero-order valence-corrected chi connectivity index (χ0v) is 14.7. The summed E-state index contributed by atoms with van der Waals surface area (Å²) in [6.45, 7) is 7.93. The largest absolute Gasteiger partial charge is 0.313 e. The molecule has 1 unspecified atom stereocenters. The molecule has 2 nitrogen and oxygen atoms in total. The van der Waals surface area contributed by atoms with E-state index < -0.39 is 0 Å². The quantitative estimate of drug-likeness (QED) is 0.650. The number of nitrogens with one attached hydrogen (secondary N) is 1. The highest BCUT2D eigenvalue weighted by atomic mass is 79.9. The molecule has 0 bridgehead atoms. The Kier molecular flexibility index (Phi) is 9.12. The lowest BCUT2D eigenvalue weighted by Crippen LogP contribution is -2.38. The van der Waals surface area contributed by atoms with Gasteiger partial charge in [0.1, 0.15) is 0 Å². The van der Waals surface area contributed by atoms with Crippen molar-refractivity contribution in [1.82, 2.24) is 10.3 Å². The molecule has 0 aliphatic carbocycles. The molecular weight excluding hydrogens is 312 g/mol. The third-order valence-electron chi connectivity index (χ3n) is 3.76. The van der Waals surface area contributed by atoms with Gasteiger partial charge in [-0.25, -0.2) is 0 Å². The topological polar surface area (TPSA) is 24.9 Å². The van der Waals surface area contributed by atoms with Crippen LogP contribution < -0.4 is 5.32 Å². The molecule has 0 saturated carbocycles. The Bertz CT molecular complexity index is 362. The summed E-state index contributed by atoms with van der Waals surface area (Å²) in [4.78, 5) is 4.29. The van der Waals surface area contributed by atoms with Gasteiger partial charge in [-0.1, -0.05) is 33.6 Å². The normalized spacial score (nSPS) is 12.8. The lowest BCUT2D eigenvalue weighted by molar-refractivity contribution is 0.308. The van der Waals surface area contributed by atoms with Crippen LogP contribution in [-0.4, -0.2) is 17.6 Å². The Morgan fingerprint density at radius 1 is 1.10 bits per heavy atom. The third-order valence-corrected chi connectivity index (χ3v) is 4.20. The molecule has 0 aliphatic heterocycles. The molecule has 1 N–H and O–H groups in total. The van der Waals surface area contributed by atoms with Gasteiger partial charge in [0.15, 0.2) is 0 Å². The molecule has 114 valence electrons. The first-order chi connectivity index (χ1) is 9.71. The van der Waals surface area contributed by atoms with Crippen molar-refractivity contribution >= 4 is 15.9 Å².